The number of hydrogen-bond acceptors (Lipinski definition) is 4. The summed E-state index contributed by atoms with van der Waals surface area (Å²) in [6.45, 7) is 5.48. The van der Waals surface area contributed by atoms with Crippen LogP contribution in [0.5, 0.6) is 5.75 Å². The van der Waals surface area contributed by atoms with E-state index in [-0.39, 0.29) is 12.5 Å². The summed E-state index contributed by atoms with van der Waals surface area (Å²) in [7, 11) is 0. The molecular weight excluding hydrogens is 313 g/mol. The van der Waals surface area contributed by atoms with Crippen molar-refractivity contribution < 1.29 is 9.53 Å². The van der Waals surface area contributed by atoms with Gasteiger partial charge in [-0.1, -0.05) is 23.2 Å². The van der Waals surface area contributed by atoms with Crippen LogP contribution in [0.4, 0.5) is 0 Å². The second-order valence-corrected chi connectivity index (χ2v) is 5.65. The molecule has 0 aromatic heterocycles. The quantitative estimate of drug-likeness (QED) is 0.827. The third kappa shape index (κ3) is 5.71. The number of halogens is 2. The molecule has 0 bridgehead atoms. The van der Waals surface area contributed by atoms with Crippen LogP contribution >= 0.6 is 23.2 Å². The normalized spacial score (nSPS) is 15.7. The monoisotopic (exact) mass is 331 g/mol. The molecule has 1 amide bonds. The Balaban J connectivity index is 1.65. The second-order valence-electron chi connectivity index (χ2n) is 4.81. The van der Waals surface area contributed by atoms with Crippen molar-refractivity contribution in [3.05, 3.63) is 28.2 Å². The SMILES string of the molecule is O=C(COc1ccc(Cl)cc1Cl)NCCN1CCNCC1. The highest BCUT2D eigenvalue weighted by molar-refractivity contribution is 6.35. The molecule has 1 aromatic carbocycles. The zero-order valence-electron chi connectivity index (χ0n) is 11.7. The van der Waals surface area contributed by atoms with Gasteiger partial charge in [-0.05, 0) is 18.2 Å². The Bertz CT molecular complexity index is 479. The van der Waals surface area contributed by atoms with Gasteiger partial charge < -0.3 is 15.4 Å². The lowest BCUT2D eigenvalue weighted by atomic mass is 10.3. The van der Waals surface area contributed by atoms with E-state index in [0.29, 0.717) is 22.3 Å². The average molecular weight is 332 g/mol. The number of hydrogen-bond donors (Lipinski definition) is 2. The number of nitrogens with zero attached hydrogens (tertiary/aromatic N) is 1. The molecule has 1 fully saturated rings. The molecule has 1 saturated heterocycles. The summed E-state index contributed by atoms with van der Waals surface area (Å²) in [5.41, 5.74) is 0. The summed E-state index contributed by atoms with van der Waals surface area (Å²) in [5, 5.41) is 7.06. The maximum Gasteiger partial charge on any atom is 0.257 e. The molecule has 0 atom stereocenters. The van der Waals surface area contributed by atoms with E-state index in [4.69, 9.17) is 27.9 Å². The molecular formula is C14H19Cl2N3O2. The first kappa shape index (κ1) is 16.4. The lowest BCUT2D eigenvalue weighted by Gasteiger charge is -2.27. The highest BCUT2D eigenvalue weighted by Gasteiger charge is 2.10. The Morgan fingerprint density at radius 1 is 1.33 bits per heavy atom. The summed E-state index contributed by atoms with van der Waals surface area (Å²) < 4.78 is 5.37. The Labute approximate surface area is 134 Å². The van der Waals surface area contributed by atoms with Crippen LogP contribution in [0.3, 0.4) is 0 Å². The summed E-state index contributed by atoms with van der Waals surface area (Å²) in [5.74, 6) is 0.300. The molecule has 2 N–H and O–H groups in total. The van der Waals surface area contributed by atoms with E-state index in [1.807, 2.05) is 0 Å². The maximum absolute atomic E-state index is 11.7. The van der Waals surface area contributed by atoms with Crippen LogP contribution in [-0.4, -0.2) is 56.7 Å². The van der Waals surface area contributed by atoms with Crippen molar-refractivity contribution in [3.8, 4) is 5.75 Å². The van der Waals surface area contributed by atoms with E-state index in [1.54, 1.807) is 18.2 Å². The standard InChI is InChI=1S/C14H19Cl2N3O2/c15-11-1-2-13(12(16)9-11)21-10-14(20)18-5-8-19-6-3-17-4-7-19/h1-2,9,17H,3-8,10H2,(H,18,20). The summed E-state index contributed by atoms with van der Waals surface area (Å²) in [6, 6.07) is 4.91. The van der Waals surface area contributed by atoms with Crippen molar-refractivity contribution in [2.75, 3.05) is 45.9 Å². The molecule has 7 heteroatoms. The Kier molecular flexibility index (Phi) is 6.57. The van der Waals surface area contributed by atoms with Crippen LogP contribution in [0.15, 0.2) is 18.2 Å². The summed E-state index contributed by atoms with van der Waals surface area (Å²) in [4.78, 5) is 14.0. The van der Waals surface area contributed by atoms with Gasteiger partial charge in [0.1, 0.15) is 5.75 Å². The van der Waals surface area contributed by atoms with Crippen LogP contribution in [0.2, 0.25) is 10.0 Å². The minimum Gasteiger partial charge on any atom is -0.482 e. The molecule has 2 rings (SSSR count). The van der Waals surface area contributed by atoms with Gasteiger partial charge in [-0.15, -0.1) is 0 Å². The molecule has 1 aliphatic heterocycles. The Hall–Kier alpha value is -1.01. The second kappa shape index (κ2) is 8.44. The number of piperazine rings is 1. The smallest absolute Gasteiger partial charge is 0.257 e. The van der Waals surface area contributed by atoms with E-state index < -0.39 is 0 Å². The highest BCUT2D eigenvalue weighted by atomic mass is 35.5. The molecule has 1 aromatic rings. The Morgan fingerprint density at radius 2 is 2.10 bits per heavy atom. The first-order chi connectivity index (χ1) is 10.1. The minimum absolute atomic E-state index is 0.0527. The predicted molar refractivity (Wildman–Crippen MR) is 84.3 cm³/mol. The zero-order chi connectivity index (χ0) is 15.1. The largest absolute Gasteiger partial charge is 0.482 e. The lowest BCUT2D eigenvalue weighted by molar-refractivity contribution is -0.123. The van der Waals surface area contributed by atoms with Gasteiger partial charge in [0.25, 0.3) is 5.91 Å². The third-order valence-electron chi connectivity index (χ3n) is 3.21. The average Bonchev–Trinajstić information content (AvgIpc) is 2.47. The van der Waals surface area contributed by atoms with Crippen molar-refractivity contribution in [1.29, 1.82) is 0 Å². The number of amides is 1. The molecule has 0 aliphatic carbocycles. The zero-order valence-corrected chi connectivity index (χ0v) is 13.2. The number of nitrogens with one attached hydrogen (secondary N) is 2. The van der Waals surface area contributed by atoms with Gasteiger partial charge in [0.15, 0.2) is 6.61 Å². The number of ether oxygens (including phenoxy) is 1. The van der Waals surface area contributed by atoms with Crippen molar-refractivity contribution in [3.63, 3.8) is 0 Å². The molecule has 21 heavy (non-hydrogen) atoms. The van der Waals surface area contributed by atoms with Gasteiger partial charge in [0.05, 0.1) is 5.02 Å². The number of benzene rings is 1. The van der Waals surface area contributed by atoms with Crippen molar-refractivity contribution >= 4 is 29.1 Å². The highest BCUT2D eigenvalue weighted by Crippen LogP contribution is 2.27. The number of carbonyl (C=O) groups is 1. The predicted octanol–water partition coefficient (Wildman–Crippen LogP) is 1.39. The van der Waals surface area contributed by atoms with Crippen LogP contribution in [0.1, 0.15) is 0 Å². The molecule has 5 nitrogen and oxygen atoms in total. The first-order valence-corrected chi connectivity index (χ1v) is 7.68. The van der Waals surface area contributed by atoms with Crippen LogP contribution in [0.25, 0.3) is 0 Å². The van der Waals surface area contributed by atoms with Gasteiger partial charge in [-0.3, -0.25) is 9.69 Å². The van der Waals surface area contributed by atoms with Gasteiger partial charge in [-0.2, -0.15) is 0 Å². The van der Waals surface area contributed by atoms with Crippen LogP contribution in [-0.2, 0) is 4.79 Å². The first-order valence-electron chi connectivity index (χ1n) is 6.93. The topological polar surface area (TPSA) is 53.6 Å². The molecule has 1 aliphatic rings. The molecule has 116 valence electrons. The van der Waals surface area contributed by atoms with Gasteiger partial charge in [-0.25, -0.2) is 0 Å². The van der Waals surface area contributed by atoms with Gasteiger partial charge in [0, 0.05) is 44.3 Å². The molecule has 1 heterocycles. The fraction of sp³-hybridized carbons (Fsp3) is 0.500. The van der Waals surface area contributed by atoms with Crippen molar-refractivity contribution in [2.45, 2.75) is 0 Å². The van der Waals surface area contributed by atoms with Gasteiger partial charge >= 0.3 is 0 Å². The van der Waals surface area contributed by atoms with E-state index >= 15 is 0 Å². The van der Waals surface area contributed by atoms with E-state index in [0.717, 1.165) is 32.7 Å². The van der Waals surface area contributed by atoms with Crippen LogP contribution in [0, 0.1) is 0 Å². The number of rotatable bonds is 6. The summed E-state index contributed by atoms with van der Waals surface area (Å²) in [6.07, 6.45) is 0. The van der Waals surface area contributed by atoms with E-state index in [1.165, 1.54) is 0 Å². The van der Waals surface area contributed by atoms with Crippen molar-refractivity contribution in [2.24, 2.45) is 0 Å². The minimum atomic E-state index is -0.156. The van der Waals surface area contributed by atoms with E-state index in [2.05, 4.69) is 15.5 Å². The van der Waals surface area contributed by atoms with Gasteiger partial charge in [0.2, 0.25) is 0 Å². The molecule has 0 radical (unpaired) electrons. The molecule has 0 saturated carbocycles. The maximum atomic E-state index is 11.7. The third-order valence-corrected chi connectivity index (χ3v) is 3.74. The number of carbonyl (C=O) groups excluding carboxylic acids is 1. The van der Waals surface area contributed by atoms with Crippen LogP contribution < -0.4 is 15.4 Å². The fourth-order valence-corrected chi connectivity index (χ4v) is 2.54. The van der Waals surface area contributed by atoms with Crippen molar-refractivity contribution in [1.82, 2.24) is 15.5 Å². The molecule has 0 unspecified atom stereocenters. The molecule has 0 spiro atoms. The van der Waals surface area contributed by atoms with E-state index in [9.17, 15) is 4.79 Å². The lowest BCUT2D eigenvalue weighted by Crippen LogP contribution is -2.46. The Morgan fingerprint density at radius 3 is 2.81 bits per heavy atom. The summed E-state index contributed by atoms with van der Waals surface area (Å²) >= 11 is 11.8. The fourth-order valence-electron chi connectivity index (χ4n) is 2.07.